The van der Waals surface area contributed by atoms with Crippen LogP contribution in [0.1, 0.15) is 12.8 Å². The summed E-state index contributed by atoms with van der Waals surface area (Å²) in [4.78, 5) is 13.2. The molecule has 1 aliphatic heterocycles. The minimum atomic E-state index is -0.114. The molecule has 5 nitrogen and oxygen atoms in total. The molecular weight excluding hydrogens is 242 g/mol. The molecule has 5 heteroatoms. The van der Waals surface area contributed by atoms with E-state index in [1.165, 1.54) is 11.3 Å². The van der Waals surface area contributed by atoms with Gasteiger partial charge in [0.2, 0.25) is 0 Å². The van der Waals surface area contributed by atoms with E-state index in [1.54, 1.807) is 6.08 Å². The summed E-state index contributed by atoms with van der Waals surface area (Å²) in [5, 5.41) is 6.03. The van der Waals surface area contributed by atoms with Crippen molar-refractivity contribution >= 4 is 5.91 Å². The molecule has 1 aliphatic rings. The lowest BCUT2D eigenvalue weighted by atomic mass is 10.3. The minimum Gasteiger partial charge on any atom is -0.484 e. The molecule has 108 valence electrons. The lowest BCUT2D eigenvalue weighted by Crippen LogP contribution is -3.09. The molecule has 0 fully saturated rings. The zero-order chi connectivity index (χ0) is 13.9. The molecule has 19 heavy (non-hydrogen) atoms. The number of hydrogen-bond acceptors (Lipinski definition) is 3. The fourth-order valence-corrected chi connectivity index (χ4v) is 1.91. The quantitative estimate of drug-likeness (QED) is 0.475. The van der Waals surface area contributed by atoms with Crippen molar-refractivity contribution in [3.05, 3.63) is 24.0 Å². The van der Waals surface area contributed by atoms with Gasteiger partial charge in [-0.3, -0.25) is 4.79 Å². The van der Waals surface area contributed by atoms with Crippen LogP contribution in [0.3, 0.4) is 0 Å². The molecular formula is C14H26N3O2+. The second-order valence-corrected chi connectivity index (χ2v) is 4.79. The number of rotatable bonds is 9. The van der Waals surface area contributed by atoms with Gasteiger partial charge >= 0.3 is 0 Å². The largest absolute Gasteiger partial charge is 0.484 e. The van der Waals surface area contributed by atoms with Crippen LogP contribution >= 0.6 is 0 Å². The van der Waals surface area contributed by atoms with Gasteiger partial charge in [-0.15, -0.1) is 0 Å². The number of amides is 1. The van der Waals surface area contributed by atoms with E-state index in [0.717, 1.165) is 26.1 Å². The summed E-state index contributed by atoms with van der Waals surface area (Å²) >= 11 is 0. The molecule has 0 aromatic carbocycles. The van der Waals surface area contributed by atoms with E-state index in [9.17, 15) is 4.79 Å². The predicted molar refractivity (Wildman–Crippen MR) is 76.0 cm³/mol. The zero-order valence-electron chi connectivity index (χ0n) is 12.0. The number of allylic oxidation sites excluding steroid dienone is 2. The number of quaternary nitrogens is 1. The first-order valence-corrected chi connectivity index (χ1v) is 6.97. The highest BCUT2D eigenvalue weighted by Gasteiger charge is 2.11. The minimum absolute atomic E-state index is 0.114. The Labute approximate surface area is 115 Å². The SMILES string of the molecule is CNCCC[NH+](C)CCCNC(=O)C1=CC=CCO1. The summed E-state index contributed by atoms with van der Waals surface area (Å²) in [7, 11) is 4.16. The normalized spacial score (nSPS) is 15.6. The van der Waals surface area contributed by atoms with Crippen molar-refractivity contribution in [3.8, 4) is 0 Å². The van der Waals surface area contributed by atoms with Gasteiger partial charge in [-0.25, -0.2) is 0 Å². The Morgan fingerprint density at radius 3 is 2.74 bits per heavy atom. The third-order valence-corrected chi connectivity index (χ3v) is 3.04. The number of carbonyl (C=O) groups excluding carboxylic acids is 1. The lowest BCUT2D eigenvalue weighted by Gasteiger charge is -2.14. The van der Waals surface area contributed by atoms with E-state index >= 15 is 0 Å². The van der Waals surface area contributed by atoms with Gasteiger partial charge < -0.3 is 20.3 Å². The van der Waals surface area contributed by atoms with Gasteiger partial charge in [0.15, 0.2) is 5.76 Å². The fourth-order valence-electron chi connectivity index (χ4n) is 1.91. The standard InChI is InChI=1S/C14H25N3O2/c1-15-8-5-10-17(2)11-6-9-16-14(18)13-7-3-4-12-19-13/h3-4,7,15H,5-6,8-12H2,1-2H3,(H,16,18)/p+1. The Kier molecular flexibility index (Phi) is 7.93. The summed E-state index contributed by atoms with van der Waals surface area (Å²) in [6.45, 7) is 4.48. The topological polar surface area (TPSA) is 54.8 Å². The smallest absolute Gasteiger partial charge is 0.286 e. The Bertz CT molecular complexity index is 327. The Morgan fingerprint density at radius 2 is 2.11 bits per heavy atom. The molecule has 1 unspecified atom stereocenters. The molecule has 3 N–H and O–H groups in total. The van der Waals surface area contributed by atoms with Crippen LogP contribution in [0.15, 0.2) is 24.0 Å². The molecule has 0 aromatic rings. The molecule has 1 amide bonds. The highest BCUT2D eigenvalue weighted by molar-refractivity contribution is 5.91. The second kappa shape index (κ2) is 9.58. The van der Waals surface area contributed by atoms with Crippen molar-refractivity contribution < 1.29 is 14.4 Å². The molecule has 0 aromatic heterocycles. The average molecular weight is 268 g/mol. The molecule has 1 rings (SSSR count). The third-order valence-electron chi connectivity index (χ3n) is 3.04. The van der Waals surface area contributed by atoms with Crippen molar-refractivity contribution in [1.29, 1.82) is 0 Å². The van der Waals surface area contributed by atoms with Crippen LogP contribution in [0.4, 0.5) is 0 Å². The molecule has 1 heterocycles. The van der Waals surface area contributed by atoms with Gasteiger partial charge in [-0.05, 0) is 19.2 Å². The maximum atomic E-state index is 11.7. The molecule has 0 saturated heterocycles. The molecule has 0 spiro atoms. The third kappa shape index (κ3) is 6.98. The zero-order valence-corrected chi connectivity index (χ0v) is 12.0. The van der Waals surface area contributed by atoms with Gasteiger partial charge in [0.05, 0.1) is 20.1 Å². The number of carbonyl (C=O) groups is 1. The summed E-state index contributed by atoms with van der Waals surface area (Å²) in [6.07, 6.45) is 7.59. The average Bonchev–Trinajstić information content (AvgIpc) is 2.44. The van der Waals surface area contributed by atoms with E-state index in [1.807, 2.05) is 19.2 Å². The fraction of sp³-hybridized carbons (Fsp3) is 0.643. The van der Waals surface area contributed by atoms with Gasteiger partial charge in [0.25, 0.3) is 5.91 Å². The number of ether oxygens (including phenoxy) is 1. The van der Waals surface area contributed by atoms with Crippen molar-refractivity contribution in [2.75, 3.05) is 46.9 Å². The molecule has 1 atom stereocenters. The van der Waals surface area contributed by atoms with Crippen LogP contribution in [0.5, 0.6) is 0 Å². The van der Waals surface area contributed by atoms with Gasteiger partial charge in [0, 0.05) is 25.9 Å². The summed E-state index contributed by atoms with van der Waals surface area (Å²) in [5.74, 6) is 0.300. The predicted octanol–water partition coefficient (Wildman–Crippen LogP) is -0.913. The number of nitrogens with one attached hydrogen (secondary N) is 3. The van der Waals surface area contributed by atoms with Crippen LogP contribution in [-0.2, 0) is 9.53 Å². The molecule has 0 radical (unpaired) electrons. The monoisotopic (exact) mass is 268 g/mol. The maximum absolute atomic E-state index is 11.7. The van der Waals surface area contributed by atoms with Crippen molar-refractivity contribution in [1.82, 2.24) is 10.6 Å². The first kappa shape index (κ1) is 15.7. The summed E-state index contributed by atoms with van der Waals surface area (Å²) in [5.41, 5.74) is 0. The van der Waals surface area contributed by atoms with Crippen LogP contribution in [-0.4, -0.2) is 52.8 Å². The molecule has 0 saturated carbocycles. The first-order chi connectivity index (χ1) is 9.24. The van der Waals surface area contributed by atoms with Crippen LogP contribution in [0, 0.1) is 0 Å². The highest BCUT2D eigenvalue weighted by Crippen LogP contribution is 2.03. The van der Waals surface area contributed by atoms with Crippen LogP contribution in [0.25, 0.3) is 0 Å². The van der Waals surface area contributed by atoms with Gasteiger partial charge in [0.1, 0.15) is 6.61 Å². The van der Waals surface area contributed by atoms with Gasteiger partial charge in [-0.2, -0.15) is 0 Å². The summed E-state index contributed by atoms with van der Waals surface area (Å²) < 4.78 is 5.23. The van der Waals surface area contributed by atoms with Crippen molar-refractivity contribution in [2.45, 2.75) is 12.8 Å². The second-order valence-electron chi connectivity index (χ2n) is 4.79. The summed E-state index contributed by atoms with van der Waals surface area (Å²) in [6, 6.07) is 0. The molecule has 0 bridgehead atoms. The van der Waals surface area contributed by atoms with Gasteiger partial charge in [-0.1, -0.05) is 6.08 Å². The van der Waals surface area contributed by atoms with Crippen molar-refractivity contribution in [2.24, 2.45) is 0 Å². The van der Waals surface area contributed by atoms with Crippen LogP contribution < -0.4 is 15.5 Å². The molecule has 0 aliphatic carbocycles. The Morgan fingerprint density at radius 1 is 1.37 bits per heavy atom. The Hall–Kier alpha value is -1.33. The lowest BCUT2D eigenvalue weighted by molar-refractivity contribution is -0.879. The van der Waals surface area contributed by atoms with E-state index in [2.05, 4.69) is 17.7 Å². The van der Waals surface area contributed by atoms with E-state index < -0.39 is 0 Å². The van der Waals surface area contributed by atoms with E-state index in [-0.39, 0.29) is 5.91 Å². The van der Waals surface area contributed by atoms with Crippen LogP contribution in [0.2, 0.25) is 0 Å². The van der Waals surface area contributed by atoms with E-state index in [0.29, 0.717) is 18.9 Å². The van der Waals surface area contributed by atoms with Crippen molar-refractivity contribution in [3.63, 3.8) is 0 Å². The maximum Gasteiger partial charge on any atom is 0.286 e. The highest BCUT2D eigenvalue weighted by atomic mass is 16.5. The number of hydrogen-bond donors (Lipinski definition) is 3. The first-order valence-electron chi connectivity index (χ1n) is 6.97. The van der Waals surface area contributed by atoms with E-state index in [4.69, 9.17) is 4.74 Å². The Balaban J connectivity index is 2.05.